The maximum absolute atomic E-state index is 12.8. The predicted molar refractivity (Wildman–Crippen MR) is 81.2 cm³/mol. The van der Waals surface area contributed by atoms with E-state index in [1.165, 1.54) is 12.8 Å². The van der Waals surface area contributed by atoms with Gasteiger partial charge in [0.15, 0.2) is 0 Å². The summed E-state index contributed by atoms with van der Waals surface area (Å²) in [6, 6.07) is 5.56. The number of piperidine rings is 1. The number of carbonyl (C=O) groups is 1. The van der Waals surface area contributed by atoms with Crippen LogP contribution in [0.15, 0.2) is 18.2 Å². The summed E-state index contributed by atoms with van der Waals surface area (Å²) in [4.78, 5) is 14.8. The Morgan fingerprint density at radius 3 is 3.00 bits per heavy atom. The van der Waals surface area contributed by atoms with Crippen molar-refractivity contribution in [1.82, 2.24) is 10.2 Å². The number of benzene rings is 1. The Morgan fingerprint density at radius 1 is 1.40 bits per heavy atom. The minimum Gasteiger partial charge on any atom is -0.338 e. The number of nitrogens with one attached hydrogen (secondary N) is 1. The SMILES string of the molecule is Cc1ccc(Cl)cc1C(=O)N1CCCC2(CCNC2)C1. The fourth-order valence-electron chi connectivity index (χ4n) is 3.52. The van der Waals surface area contributed by atoms with E-state index in [0.717, 1.165) is 43.7 Å². The maximum atomic E-state index is 12.8. The fourth-order valence-corrected chi connectivity index (χ4v) is 3.69. The van der Waals surface area contributed by atoms with Gasteiger partial charge in [0.2, 0.25) is 0 Å². The van der Waals surface area contributed by atoms with Crippen molar-refractivity contribution in [3.8, 4) is 0 Å². The molecule has 2 aliphatic rings. The third-order valence-electron chi connectivity index (χ3n) is 4.71. The van der Waals surface area contributed by atoms with Crippen LogP contribution in [-0.2, 0) is 0 Å². The van der Waals surface area contributed by atoms with E-state index in [-0.39, 0.29) is 5.91 Å². The molecule has 0 bridgehead atoms. The third kappa shape index (κ3) is 2.57. The van der Waals surface area contributed by atoms with Crippen LogP contribution in [0.1, 0.15) is 35.2 Å². The van der Waals surface area contributed by atoms with Crippen LogP contribution in [0.25, 0.3) is 0 Å². The second-order valence-corrected chi connectivity index (χ2v) is 6.65. The summed E-state index contributed by atoms with van der Waals surface area (Å²) in [5, 5.41) is 4.08. The first-order chi connectivity index (χ1) is 9.60. The average molecular weight is 293 g/mol. The van der Waals surface area contributed by atoms with E-state index in [9.17, 15) is 4.79 Å². The van der Waals surface area contributed by atoms with E-state index in [2.05, 4.69) is 5.32 Å². The first-order valence-corrected chi connectivity index (χ1v) is 7.74. The molecule has 0 aromatic heterocycles. The van der Waals surface area contributed by atoms with E-state index in [0.29, 0.717) is 10.4 Å². The van der Waals surface area contributed by atoms with Gasteiger partial charge in [-0.15, -0.1) is 0 Å². The number of hydrogen-bond donors (Lipinski definition) is 1. The zero-order chi connectivity index (χ0) is 14.2. The molecule has 1 amide bonds. The fraction of sp³-hybridized carbons (Fsp3) is 0.562. The second-order valence-electron chi connectivity index (χ2n) is 6.22. The number of rotatable bonds is 1. The Labute approximate surface area is 125 Å². The molecule has 2 aliphatic heterocycles. The van der Waals surface area contributed by atoms with E-state index >= 15 is 0 Å². The Morgan fingerprint density at radius 2 is 2.25 bits per heavy atom. The topological polar surface area (TPSA) is 32.3 Å². The largest absolute Gasteiger partial charge is 0.338 e. The van der Waals surface area contributed by atoms with Crippen LogP contribution in [-0.4, -0.2) is 37.0 Å². The standard InChI is InChI=1S/C16H21ClN2O/c1-12-3-4-13(17)9-14(12)15(20)19-8-2-5-16(11-19)6-7-18-10-16/h3-4,9,18H,2,5-8,10-11H2,1H3. The summed E-state index contributed by atoms with van der Waals surface area (Å²) in [7, 11) is 0. The molecule has 0 radical (unpaired) electrons. The van der Waals surface area contributed by atoms with Crippen molar-refractivity contribution < 1.29 is 4.79 Å². The molecule has 20 heavy (non-hydrogen) atoms. The molecule has 1 aromatic rings. The van der Waals surface area contributed by atoms with Gasteiger partial charge < -0.3 is 10.2 Å². The summed E-state index contributed by atoms with van der Waals surface area (Å²) >= 11 is 6.04. The molecule has 2 heterocycles. The first-order valence-electron chi connectivity index (χ1n) is 7.36. The van der Waals surface area contributed by atoms with Crippen LogP contribution >= 0.6 is 11.6 Å². The molecule has 108 valence electrons. The molecule has 1 spiro atoms. The molecule has 1 atom stereocenters. The lowest BCUT2D eigenvalue weighted by atomic mass is 9.79. The lowest BCUT2D eigenvalue weighted by Crippen LogP contribution is -2.47. The van der Waals surface area contributed by atoms with Gasteiger partial charge in [-0.25, -0.2) is 0 Å². The highest BCUT2D eigenvalue weighted by Crippen LogP contribution is 2.36. The molecule has 0 aliphatic carbocycles. The highest BCUT2D eigenvalue weighted by atomic mass is 35.5. The van der Waals surface area contributed by atoms with Crippen LogP contribution in [0.4, 0.5) is 0 Å². The normalized spacial score (nSPS) is 26.2. The zero-order valence-electron chi connectivity index (χ0n) is 11.9. The van der Waals surface area contributed by atoms with Gasteiger partial charge in [0.1, 0.15) is 0 Å². The summed E-state index contributed by atoms with van der Waals surface area (Å²) in [5.41, 5.74) is 2.06. The van der Waals surface area contributed by atoms with Crippen LogP contribution < -0.4 is 5.32 Å². The van der Waals surface area contributed by atoms with Crippen LogP contribution in [0.5, 0.6) is 0 Å². The molecule has 1 aromatic carbocycles. The van der Waals surface area contributed by atoms with Crippen molar-refractivity contribution in [3.05, 3.63) is 34.3 Å². The predicted octanol–water partition coefficient (Wildman–Crippen LogP) is 2.86. The van der Waals surface area contributed by atoms with E-state index < -0.39 is 0 Å². The van der Waals surface area contributed by atoms with Gasteiger partial charge in [0.25, 0.3) is 5.91 Å². The number of amides is 1. The molecule has 2 fully saturated rings. The van der Waals surface area contributed by atoms with Gasteiger partial charge in [-0.05, 0) is 50.4 Å². The minimum absolute atomic E-state index is 0.135. The zero-order valence-corrected chi connectivity index (χ0v) is 12.7. The molecule has 2 saturated heterocycles. The Hall–Kier alpha value is -1.06. The first kappa shape index (κ1) is 13.9. The van der Waals surface area contributed by atoms with Crippen molar-refractivity contribution in [1.29, 1.82) is 0 Å². The van der Waals surface area contributed by atoms with Crippen LogP contribution in [0, 0.1) is 12.3 Å². The average Bonchev–Trinajstić information content (AvgIpc) is 2.88. The van der Waals surface area contributed by atoms with Gasteiger partial charge in [0, 0.05) is 35.6 Å². The number of aryl methyl sites for hydroxylation is 1. The van der Waals surface area contributed by atoms with Gasteiger partial charge in [-0.3, -0.25) is 4.79 Å². The smallest absolute Gasteiger partial charge is 0.254 e. The highest BCUT2D eigenvalue weighted by Gasteiger charge is 2.39. The van der Waals surface area contributed by atoms with E-state index in [4.69, 9.17) is 11.6 Å². The monoisotopic (exact) mass is 292 g/mol. The van der Waals surface area contributed by atoms with Crippen molar-refractivity contribution in [2.75, 3.05) is 26.2 Å². The summed E-state index contributed by atoms with van der Waals surface area (Å²) < 4.78 is 0. The lowest BCUT2D eigenvalue weighted by Gasteiger charge is -2.40. The van der Waals surface area contributed by atoms with Gasteiger partial charge in [-0.1, -0.05) is 17.7 Å². The van der Waals surface area contributed by atoms with Crippen molar-refractivity contribution >= 4 is 17.5 Å². The third-order valence-corrected chi connectivity index (χ3v) is 4.95. The van der Waals surface area contributed by atoms with E-state index in [1.54, 1.807) is 6.07 Å². The number of halogens is 1. The van der Waals surface area contributed by atoms with Crippen LogP contribution in [0.3, 0.4) is 0 Å². The van der Waals surface area contributed by atoms with Gasteiger partial charge in [-0.2, -0.15) is 0 Å². The van der Waals surface area contributed by atoms with Crippen molar-refractivity contribution in [3.63, 3.8) is 0 Å². The highest BCUT2D eigenvalue weighted by molar-refractivity contribution is 6.31. The summed E-state index contributed by atoms with van der Waals surface area (Å²) in [6.45, 7) is 5.85. The summed E-state index contributed by atoms with van der Waals surface area (Å²) in [5.74, 6) is 0.135. The Kier molecular flexibility index (Phi) is 3.74. The maximum Gasteiger partial charge on any atom is 0.254 e. The van der Waals surface area contributed by atoms with Crippen molar-refractivity contribution in [2.24, 2.45) is 5.41 Å². The molecule has 4 heteroatoms. The molecule has 1 unspecified atom stereocenters. The van der Waals surface area contributed by atoms with Gasteiger partial charge in [0.05, 0.1) is 0 Å². The number of likely N-dealkylation sites (tertiary alicyclic amines) is 1. The molecule has 0 saturated carbocycles. The molecule has 1 N–H and O–H groups in total. The Bertz CT molecular complexity index is 523. The van der Waals surface area contributed by atoms with Gasteiger partial charge >= 0.3 is 0 Å². The van der Waals surface area contributed by atoms with Crippen LogP contribution in [0.2, 0.25) is 5.02 Å². The molecular weight excluding hydrogens is 272 g/mol. The number of nitrogens with zero attached hydrogens (tertiary/aromatic N) is 1. The Balaban J connectivity index is 1.81. The lowest BCUT2D eigenvalue weighted by molar-refractivity contribution is 0.0553. The number of hydrogen-bond acceptors (Lipinski definition) is 2. The molecular formula is C16H21ClN2O. The number of carbonyl (C=O) groups excluding carboxylic acids is 1. The van der Waals surface area contributed by atoms with Crippen molar-refractivity contribution in [2.45, 2.75) is 26.2 Å². The second kappa shape index (κ2) is 5.38. The molecule has 3 nitrogen and oxygen atoms in total. The van der Waals surface area contributed by atoms with E-state index in [1.807, 2.05) is 24.0 Å². The summed E-state index contributed by atoms with van der Waals surface area (Å²) in [6.07, 6.45) is 3.52. The quantitative estimate of drug-likeness (QED) is 0.863. The minimum atomic E-state index is 0.135. The molecule has 3 rings (SSSR count).